The van der Waals surface area contributed by atoms with Gasteiger partial charge in [0, 0.05) is 23.3 Å². The van der Waals surface area contributed by atoms with Crippen LogP contribution < -0.4 is 10.2 Å². The number of rotatable bonds is 9. The maximum atomic E-state index is 12.1. The van der Waals surface area contributed by atoms with Gasteiger partial charge in [-0.25, -0.2) is 5.43 Å². The van der Waals surface area contributed by atoms with Crippen molar-refractivity contribution in [3.63, 3.8) is 0 Å². The van der Waals surface area contributed by atoms with E-state index in [4.69, 9.17) is 4.74 Å². The molecule has 31 heavy (non-hydrogen) atoms. The van der Waals surface area contributed by atoms with E-state index in [9.17, 15) is 9.59 Å². The highest BCUT2D eigenvalue weighted by atomic mass is 79.9. The first-order valence-corrected chi connectivity index (χ1v) is 12.2. The quantitative estimate of drug-likeness (QED) is 0.410. The summed E-state index contributed by atoms with van der Waals surface area (Å²) in [4.78, 5) is 25.9. The molecule has 2 amide bonds. The number of hydrogen-bond donors (Lipinski definition) is 1. The summed E-state index contributed by atoms with van der Waals surface area (Å²) >= 11 is 4.98. The molecule has 0 saturated carbocycles. The lowest BCUT2D eigenvalue weighted by Gasteiger charge is -2.26. The Kier molecular flexibility index (Phi) is 9.42. The lowest BCUT2D eigenvalue weighted by atomic mass is 10.1. The molecule has 0 bridgehead atoms. The van der Waals surface area contributed by atoms with E-state index in [1.807, 2.05) is 41.3 Å². The first kappa shape index (κ1) is 23.3. The van der Waals surface area contributed by atoms with Gasteiger partial charge in [-0.1, -0.05) is 28.1 Å². The summed E-state index contributed by atoms with van der Waals surface area (Å²) in [6.45, 7) is 1.71. The van der Waals surface area contributed by atoms with Crippen LogP contribution in [0.15, 0.2) is 58.1 Å². The SMILES string of the molecule is O=C(CSCc1cccc(Br)c1)N/N=C\c1ccc(OCC(=O)N2CCCCC2)cc1. The summed E-state index contributed by atoms with van der Waals surface area (Å²) in [5.74, 6) is 1.62. The van der Waals surface area contributed by atoms with Gasteiger partial charge in [-0.15, -0.1) is 11.8 Å². The zero-order valence-electron chi connectivity index (χ0n) is 17.3. The van der Waals surface area contributed by atoms with Crippen molar-refractivity contribution in [1.29, 1.82) is 0 Å². The topological polar surface area (TPSA) is 71.0 Å². The van der Waals surface area contributed by atoms with E-state index in [-0.39, 0.29) is 18.4 Å². The number of halogens is 1. The Labute approximate surface area is 195 Å². The average Bonchev–Trinajstić information content (AvgIpc) is 2.79. The first-order chi connectivity index (χ1) is 15.1. The highest BCUT2D eigenvalue weighted by molar-refractivity contribution is 9.10. The molecule has 6 nitrogen and oxygen atoms in total. The van der Waals surface area contributed by atoms with E-state index in [1.54, 1.807) is 18.3 Å². The van der Waals surface area contributed by atoms with Crippen LogP contribution in [-0.2, 0) is 15.3 Å². The van der Waals surface area contributed by atoms with Crippen LogP contribution in [0, 0.1) is 0 Å². The minimum Gasteiger partial charge on any atom is -0.484 e. The number of hydrogen-bond acceptors (Lipinski definition) is 5. The number of carbonyl (C=O) groups excluding carboxylic acids is 2. The number of nitrogens with zero attached hydrogens (tertiary/aromatic N) is 2. The van der Waals surface area contributed by atoms with Crippen LogP contribution in [0.3, 0.4) is 0 Å². The molecule has 1 aliphatic heterocycles. The highest BCUT2D eigenvalue weighted by Crippen LogP contribution is 2.17. The van der Waals surface area contributed by atoms with Gasteiger partial charge in [0.05, 0.1) is 12.0 Å². The summed E-state index contributed by atoms with van der Waals surface area (Å²) in [6, 6.07) is 15.3. The summed E-state index contributed by atoms with van der Waals surface area (Å²) < 4.78 is 6.63. The molecule has 0 aliphatic carbocycles. The predicted octanol–water partition coefficient (Wildman–Crippen LogP) is 4.22. The maximum Gasteiger partial charge on any atom is 0.260 e. The zero-order chi connectivity index (χ0) is 21.9. The van der Waals surface area contributed by atoms with E-state index in [0.29, 0.717) is 11.5 Å². The molecule has 2 aromatic carbocycles. The normalized spacial score (nSPS) is 13.9. The molecule has 0 atom stereocenters. The van der Waals surface area contributed by atoms with E-state index < -0.39 is 0 Å². The molecule has 0 unspecified atom stereocenters. The summed E-state index contributed by atoms with van der Waals surface area (Å²) in [7, 11) is 0. The van der Waals surface area contributed by atoms with E-state index in [0.717, 1.165) is 47.3 Å². The largest absolute Gasteiger partial charge is 0.484 e. The number of amides is 2. The number of piperidine rings is 1. The average molecular weight is 504 g/mol. The Bertz CT molecular complexity index is 899. The van der Waals surface area contributed by atoms with Crippen LogP contribution in [0.2, 0.25) is 0 Å². The Morgan fingerprint density at radius 2 is 1.90 bits per heavy atom. The van der Waals surface area contributed by atoms with Gasteiger partial charge in [0.2, 0.25) is 5.91 Å². The van der Waals surface area contributed by atoms with Crippen molar-refractivity contribution in [2.24, 2.45) is 5.10 Å². The van der Waals surface area contributed by atoms with Gasteiger partial charge >= 0.3 is 0 Å². The lowest BCUT2D eigenvalue weighted by Crippen LogP contribution is -2.38. The summed E-state index contributed by atoms with van der Waals surface area (Å²) in [6.07, 6.45) is 4.92. The van der Waals surface area contributed by atoms with Gasteiger partial charge in [0.1, 0.15) is 5.75 Å². The van der Waals surface area contributed by atoms with Gasteiger partial charge in [-0.3, -0.25) is 9.59 Å². The van der Waals surface area contributed by atoms with Crippen molar-refractivity contribution >= 4 is 45.7 Å². The first-order valence-electron chi connectivity index (χ1n) is 10.2. The van der Waals surface area contributed by atoms with E-state index >= 15 is 0 Å². The Morgan fingerprint density at radius 3 is 2.65 bits per heavy atom. The summed E-state index contributed by atoms with van der Waals surface area (Å²) in [5.41, 5.74) is 4.53. The Morgan fingerprint density at radius 1 is 1.13 bits per heavy atom. The molecular weight excluding hydrogens is 478 g/mol. The molecule has 1 saturated heterocycles. The maximum absolute atomic E-state index is 12.1. The van der Waals surface area contributed by atoms with Crippen LogP contribution in [0.25, 0.3) is 0 Å². The van der Waals surface area contributed by atoms with Crippen molar-refractivity contribution < 1.29 is 14.3 Å². The number of likely N-dealkylation sites (tertiary alicyclic amines) is 1. The smallest absolute Gasteiger partial charge is 0.260 e. The third-order valence-electron chi connectivity index (χ3n) is 4.74. The van der Waals surface area contributed by atoms with Gasteiger partial charge in [0.25, 0.3) is 5.91 Å². The van der Waals surface area contributed by atoms with E-state index in [1.165, 1.54) is 18.2 Å². The molecule has 2 aromatic rings. The molecule has 1 aliphatic rings. The fourth-order valence-electron chi connectivity index (χ4n) is 3.13. The number of nitrogens with one attached hydrogen (secondary N) is 1. The number of hydrazone groups is 1. The molecule has 1 heterocycles. The molecular formula is C23H26BrN3O3S. The fourth-order valence-corrected chi connectivity index (χ4v) is 4.34. The lowest BCUT2D eigenvalue weighted by molar-refractivity contribution is -0.134. The Balaban J connectivity index is 1.34. The van der Waals surface area contributed by atoms with Crippen LogP contribution in [0.5, 0.6) is 5.75 Å². The van der Waals surface area contributed by atoms with Crippen LogP contribution in [0.1, 0.15) is 30.4 Å². The van der Waals surface area contributed by atoms with Crippen molar-refractivity contribution in [3.8, 4) is 5.75 Å². The van der Waals surface area contributed by atoms with Gasteiger partial charge in [-0.2, -0.15) is 5.10 Å². The molecule has 1 fully saturated rings. The second-order valence-corrected chi connectivity index (χ2v) is 9.12. The van der Waals surface area contributed by atoms with Crippen LogP contribution in [-0.4, -0.2) is 48.4 Å². The van der Waals surface area contributed by atoms with Crippen LogP contribution in [0.4, 0.5) is 0 Å². The fraction of sp³-hybridized carbons (Fsp3) is 0.348. The second kappa shape index (κ2) is 12.5. The number of thioether (sulfide) groups is 1. The number of carbonyl (C=O) groups is 2. The van der Waals surface area contributed by atoms with Gasteiger partial charge < -0.3 is 9.64 Å². The third kappa shape index (κ3) is 8.38. The monoisotopic (exact) mass is 503 g/mol. The standard InChI is InChI=1S/C23H26BrN3O3S/c24-20-6-4-5-19(13-20)16-31-17-22(28)26-25-14-18-7-9-21(10-8-18)30-15-23(29)27-11-2-1-3-12-27/h4-10,13-14H,1-3,11-12,15-17H2,(H,26,28)/b25-14-. The predicted molar refractivity (Wildman–Crippen MR) is 128 cm³/mol. The molecule has 164 valence electrons. The zero-order valence-corrected chi connectivity index (χ0v) is 19.7. The molecule has 0 radical (unpaired) electrons. The molecule has 0 spiro atoms. The molecule has 1 N–H and O–H groups in total. The molecule has 0 aromatic heterocycles. The number of benzene rings is 2. The second-order valence-electron chi connectivity index (χ2n) is 7.22. The third-order valence-corrected chi connectivity index (χ3v) is 6.24. The van der Waals surface area contributed by atoms with Crippen molar-refractivity contribution in [1.82, 2.24) is 10.3 Å². The van der Waals surface area contributed by atoms with E-state index in [2.05, 4.69) is 26.5 Å². The minimum absolute atomic E-state index is 0.0332. The minimum atomic E-state index is -0.146. The van der Waals surface area contributed by atoms with Crippen molar-refractivity contribution in [2.45, 2.75) is 25.0 Å². The molecule has 3 rings (SSSR count). The van der Waals surface area contributed by atoms with Crippen molar-refractivity contribution in [2.75, 3.05) is 25.4 Å². The highest BCUT2D eigenvalue weighted by Gasteiger charge is 2.16. The molecule has 8 heteroatoms. The van der Waals surface area contributed by atoms with Crippen molar-refractivity contribution in [3.05, 3.63) is 64.1 Å². The van der Waals surface area contributed by atoms with Gasteiger partial charge in [-0.05, 0) is 66.8 Å². The summed E-state index contributed by atoms with van der Waals surface area (Å²) in [5, 5.41) is 4.00. The Hall–Kier alpha value is -2.32. The number of ether oxygens (including phenoxy) is 1. The van der Waals surface area contributed by atoms with Gasteiger partial charge in [0.15, 0.2) is 6.61 Å². The van der Waals surface area contributed by atoms with Crippen LogP contribution >= 0.6 is 27.7 Å².